The van der Waals surface area contributed by atoms with E-state index in [4.69, 9.17) is 4.74 Å². The Bertz CT molecular complexity index is 322. The number of nitrogens with zero attached hydrogens (tertiary/aromatic N) is 2. The van der Waals surface area contributed by atoms with E-state index in [1.807, 2.05) is 6.20 Å². The van der Waals surface area contributed by atoms with Crippen molar-refractivity contribution in [2.45, 2.75) is 46.2 Å². The van der Waals surface area contributed by atoms with Crippen LogP contribution >= 0.6 is 0 Å². The van der Waals surface area contributed by atoms with Crippen LogP contribution in [0, 0.1) is 5.92 Å². The molecule has 1 aromatic rings. The molecule has 17 heavy (non-hydrogen) atoms. The lowest BCUT2D eigenvalue weighted by atomic mass is 10.0. The third-order valence-corrected chi connectivity index (χ3v) is 3.01. The molecule has 0 radical (unpaired) electrons. The fourth-order valence-electron chi connectivity index (χ4n) is 2.19. The van der Waals surface area contributed by atoms with E-state index in [0.717, 1.165) is 12.4 Å². The van der Waals surface area contributed by atoms with Crippen molar-refractivity contribution < 1.29 is 4.74 Å². The van der Waals surface area contributed by atoms with E-state index in [1.165, 1.54) is 0 Å². The Morgan fingerprint density at radius 2 is 2.12 bits per heavy atom. The normalized spacial score (nSPS) is 14.9. The molecular formula is C13H25N3O. The number of imidazole rings is 1. The molecule has 0 fully saturated rings. The Labute approximate surface area is 104 Å². The van der Waals surface area contributed by atoms with Gasteiger partial charge in [-0.2, -0.15) is 0 Å². The van der Waals surface area contributed by atoms with Gasteiger partial charge in [-0.3, -0.25) is 0 Å². The summed E-state index contributed by atoms with van der Waals surface area (Å²) in [5.41, 5.74) is 0. The zero-order valence-corrected chi connectivity index (χ0v) is 11.6. The molecule has 4 nitrogen and oxygen atoms in total. The average Bonchev–Trinajstić information content (AvgIpc) is 2.67. The molecule has 1 N–H and O–H groups in total. The van der Waals surface area contributed by atoms with Crippen LogP contribution in [-0.2, 0) is 4.74 Å². The Balaban J connectivity index is 2.77. The van der Waals surface area contributed by atoms with Crippen LogP contribution in [0.4, 0.5) is 5.95 Å². The maximum absolute atomic E-state index is 5.13. The van der Waals surface area contributed by atoms with Gasteiger partial charge in [-0.25, -0.2) is 4.98 Å². The second-order valence-electron chi connectivity index (χ2n) is 4.88. The van der Waals surface area contributed by atoms with E-state index in [0.29, 0.717) is 18.6 Å². The van der Waals surface area contributed by atoms with Crippen molar-refractivity contribution in [3.8, 4) is 0 Å². The van der Waals surface area contributed by atoms with E-state index in [1.54, 1.807) is 7.11 Å². The molecule has 0 aliphatic rings. The number of hydrogen-bond acceptors (Lipinski definition) is 3. The number of hydrogen-bond donors (Lipinski definition) is 1. The van der Waals surface area contributed by atoms with Gasteiger partial charge < -0.3 is 14.6 Å². The van der Waals surface area contributed by atoms with Crippen molar-refractivity contribution in [3.63, 3.8) is 0 Å². The topological polar surface area (TPSA) is 39.1 Å². The third kappa shape index (κ3) is 3.73. The molecule has 4 heteroatoms. The zero-order valence-electron chi connectivity index (χ0n) is 11.6. The number of methoxy groups -OCH3 is 1. The third-order valence-electron chi connectivity index (χ3n) is 3.01. The first-order chi connectivity index (χ1) is 8.10. The molecule has 0 bridgehead atoms. The molecule has 2 atom stereocenters. The second kappa shape index (κ2) is 6.64. The van der Waals surface area contributed by atoms with E-state index in [-0.39, 0.29) is 6.04 Å². The molecule has 1 heterocycles. The van der Waals surface area contributed by atoms with Crippen molar-refractivity contribution in [1.82, 2.24) is 9.55 Å². The molecule has 0 aliphatic heterocycles. The summed E-state index contributed by atoms with van der Waals surface area (Å²) in [7, 11) is 1.72. The van der Waals surface area contributed by atoms with Crippen molar-refractivity contribution >= 4 is 5.95 Å². The number of ether oxygens (including phenoxy) is 1. The molecule has 0 spiro atoms. The van der Waals surface area contributed by atoms with Gasteiger partial charge in [0.15, 0.2) is 0 Å². The molecule has 0 aliphatic carbocycles. The van der Waals surface area contributed by atoms with Gasteiger partial charge in [0.2, 0.25) is 5.95 Å². The minimum Gasteiger partial charge on any atom is -0.383 e. The highest BCUT2D eigenvalue weighted by molar-refractivity contribution is 5.28. The van der Waals surface area contributed by atoms with Gasteiger partial charge in [0, 0.05) is 31.6 Å². The van der Waals surface area contributed by atoms with Gasteiger partial charge >= 0.3 is 0 Å². The van der Waals surface area contributed by atoms with Crippen molar-refractivity contribution in [1.29, 1.82) is 0 Å². The zero-order chi connectivity index (χ0) is 12.8. The standard InChI is InChI=1S/C13H25N3O/c1-6-12(10(2)3)16-8-7-14-13(16)15-11(4)9-17-5/h7-8,10-12H,6,9H2,1-5H3,(H,14,15). The second-order valence-corrected chi connectivity index (χ2v) is 4.88. The lowest BCUT2D eigenvalue weighted by Crippen LogP contribution is -2.25. The van der Waals surface area contributed by atoms with Crippen LogP contribution in [0.3, 0.4) is 0 Å². The van der Waals surface area contributed by atoms with Crippen LogP contribution in [0.15, 0.2) is 12.4 Å². The highest BCUT2D eigenvalue weighted by Crippen LogP contribution is 2.24. The van der Waals surface area contributed by atoms with E-state index in [2.05, 4.69) is 48.8 Å². The molecular weight excluding hydrogens is 214 g/mol. The lowest BCUT2D eigenvalue weighted by molar-refractivity contribution is 0.190. The highest BCUT2D eigenvalue weighted by Gasteiger charge is 2.17. The molecule has 0 saturated carbocycles. The first-order valence-corrected chi connectivity index (χ1v) is 6.38. The van der Waals surface area contributed by atoms with Crippen LogP contribution < -0.4 is 5.32 Å². The van der Waals surface area contributed by atoms with Gasteiger partial charge in [-0.05, 0) is 19.3 Å². The predicted molar refractivity (Wildman–Crippen MR) is 71.4 cm³/mol. The number of nitrogens with one attached hydrogen (secondary N) is 1. The monoisotopic (exact) mass is 239 g/mol. The summed E-state index contributed by atoms with van der Waals surface area (Å²) in [6.07, 6.45) is 5.02. The smallest absolute Gasteiger partial charge is 0.203 e. The molecule has 1 aromatic heterocycles. The summed E-state index contributed by atoms with van der Waals surface area (Å²) in [6.45, 7) is 9.49. The SMILES string of the molecule is CCC(C(C)C)n1ccnc1NC(C)COC. The van der Waals surface area contributed by atoms with Crippen LogP contribution in [0.1, 0.15) is 40.2 Å². The maximum Gasteiger partial charge on any atom is 0.203 e. The minimum atomic E-state index is 0.269. The number of aromatic nitrogens is 2. The molecule has 98 valence electrons. The first kappa shape index (κ1) is 14.0. The summed E-state index contributed by atoms with van der Waals surface area (Å²) in [4.78, 5) is 4.39. The van der Waals surface area contributed by atoms with Gasteiger partial charge in [0.25, 0.3) is 0 Å². The van der Waals surface area contributed by atoms with Crippen molar-refractivity contribution in [3.05, 3.63) is 12.4 Å². The van der Waals surface area contributed by atoms with Gasteiger partial charge in [0.05, 0.1) is 6.61 Å². The largest absolute Gasteiger partial charge is 0.383 e. The van der Waals surface area contributed by atoms with Gasteiger partial charge in [-0.1, -0.05) is 20.8 Å². The summed E-state index contributed by atoms with van der Waals surface area (Å²) >= 11 is 0. The molecule has 1 rings (SSSR count). The van der Waals surface area contributed by atoms with Crippen molar-refractivity contribution in [2.75, 3.05) is 19.0 Å². The van der Waals surface area contributed by atoms with Crippen molar-refractivity contribution in [2.24, 2.45) is 5.92 Å². The fraction of sp³-hybridized carbons (Fsp3) is 0.769. The van der Waals surface area contributed by atoms with E-state index in [9.17, 15) is 0 Å². The Morgan fingerprint density at radius 1 is 1.41 bits per heavy atom. The predicted octanol–water partition coefficient (Wildman–Crippen LogP) is 2.94. The summed E-state index contributed by atoms with van der Waals surface area (Å²) in [6, 6.07) is 0.764. The Kier molecular flexibility index (Phi) is 5.48. The van der Waals surface area contributed by atoms with Crippen LogP contribution in [0.25, 0.3) is 0 Å². The first-order valence-electron chi connectivity index (χ1n) is 6.38. The lowest BCUT2D eigenvalue weighted by Gasteiger charge is -2.24. The maximum atomic E-state index is 5.13. The van der Waals surface area contributed by atoms with E-state index >= 15 is 0 Å². The Hall–Kier alpha value is -1.03. The minimum absolute atomic E-state index is 0.269. The van der Waals surface area contributed by atoms with Gasteiger partial charge in [-0.15, -0.1) is 0 Å². The number of rotatable bonds is 7. The summed E-state index contributed by atoms with van der Waals surface area (Å²) in [5.74, 6) is 1.54. The average molecular weight is 239 g/mol. The van der Waals surface area contributed by atoms with Crippen LogP contribution in [0.5, 0.6) is 0 Å². The van der Waals surface area contributed by atoms with Crippen LogP contribution in [-0.4, -0.2) is 29.3 Å². The highest BCUT2D eigenvalue weighted by atomic mass is 16.5. The molecule has 2 unspecified atom stereocenters. The fourth-order valence-corrected chi connectivity index (χ4v) is 2.19. The number of anilines is 1. The van der Waals surface area contributed by atoms with Gasteiger partial charge in [0.1, 0.15) is 0 Å². The van der Waals surface area contributed by atoms with E-state index < -0.39 is 0 Å². The van der Waals surface area contributed by atoms with Crippen LogP contribution in [0.2, 0.25) is 0 Å². The molecule has 0 saturated heterocycles. The quantitative estimate of drug-likeness (QED) is 0.795. The Morgan fingerprint density at radius 3 is 2.65 bits per heavy atom. The molecule has 0 aromatic carbocycles. The molecule has 0 amide bonds. The summed E-state index contributed by atoms with van der Waals surface area (Å²) in [5, 5.41) is 3.39. The summed E-state index contributed by atoms with van der Waals surface area (Å²) < 4.78 is 7.36.